The summed E-state index contributed by atoms with van der Waals surface area (Å²) >= 11 is 0. The molecule has 0 aromatic heterocycles. The van der Waals surface area contributed by atoms with Crippen molar-refractivity contribution in [2.45, 2.75) is 51.2 Å². The molecule has 5 heteroatoms. The SMILES string of the molecule is CCNC1(C(N)=O)CCCC1CCN1CCOC(C)C1. The molecule has 1 saturated heterocycles. The van der Waals surface area contributed by atoms with E-state index in [4.69, 9.17) is 10.5 Å². The van der Waals surface area contributed by atoms with E-state index in [0.29, 0.717) is 12.0 Å². The van der Waals surface area contributed by atoms with Gasteiger partial charge in [0.25, 0.3) is 0 Å². The van der Waals surface area contributed by atoms with E-state index in [1.54, 1.807) is 0 Å². The number of nitrogens with two attached hydrogens (primary N) is 1. The predicted octanol–water partition coefficient (Wildman–Crippen LogP) is 0.731. The van der Waals surface area contributed by atoms with E-state index in [9.17, 15) is 4.79 Å². The van der Waals surface area contributed by atoms with Gasteiger partial charge in [-0.15, -0.1) is 0 Å². The number of nitrogens with one attached hydrogen (secondary N) is 1. The largest absolute Gasteiger partial charge is 0.376 e. The van der Waals surface area contributed by atoms with Crippen LogP contribution in [0.4, 0.5) is 0 Å². The second kappa shape index (κ2) is 6.87. The molecule has 0 radical (unpaired) electrons. The van der Waals surface area contributed by atoms with Crippen molar-refractivity contribution in [2.75, 3.05) is 32.8 Å². The number of hydrogen-bond acceptors (Lipinski definition) is 4. The van der Waals surface area contributed by atoms with Gasteiger partial charge in [-0.25, -0.2) is 0 Å². The molecule has 0 spiro atoms. The van der Waals surface area contributed by atoms with E-state index >= 15 is 0 Å². The second-order valence-corrected chi connectivity index (χ2v) is 6.23. The quantitative estimate of drug-likeness (QED) is 0.754. The molecular formula is C15H29N3O2. The van der Waals surface area contributed by atoms with Gasteiger partial charge in [0.15, 0.2) is 0 Å². The smallest absolute Gasteiger partial charge is 0.238 e. The Morgan fingerprint density at radius 3 is 3.00 bits per heavy atom. The first-order valence-electron chi connectivity index (χ1n) is 7.97. The fourth-order valence-electron chi connectivity index (χ4n) is 3.86. The summed E-state index contributed by atoms with van der Waals surface area (Å²) in [6.45, 7) is 8.82. The zero-order chi connectivity index (χ0) is 14.6. The van der Waals surface area contributed by atoms with Crippen molar-refractivity contribution in [2.24, 2.45) is 11.7 Å². The Labute approximate surface area is 122 Å². The van der Waals surface area contributed by atoms with Gasteiger partial charge in [-0.05, 0) is 45.2 Å². The molecule has 1 saturated carbocycles. The number of primary amides is 1. The molecule has 2 rings (SSSR count). The summed E-state index contributed by atoms with van der Waals surface area (Å²) in [7, 11) is 0. The van der Waals surface area contributed by atoms with Crippen molar-refractivity contribution < 1.29 is 9.53 Å². The number of morpholine rings is 1. The van der Waals surface area contributed by atoms with Crippen LogP contribution in [0.3, 0.4) is 0 Å². The van der Waals surface area contributed by atoms with Gasteiger partial charge in [-0.1, -0.05) is 13.3 Å². The average molecular weight is 283 g/mol. The third kappa shape index (κ3) is 3.32. The monoisotopic (exact) mass is 283 g/mol. The van der Waals surface area contributed by atoms with Crippen molar-refractivity contribution in [3.05, 3.63) is 0 Å². The maximum absolute atomic E-state index is 12.0. The number of carbonyl (C=O) groups excluding carboxylic acids is 1. The number of nitrogens with zero attached hydrogens (tertiary/aromatic N) is 1. The van der Waals surface area contributed by atoms with E-state index in [1.807, 2.05) is 6.92 Å². The Morgan fingerprint density at radius 1 is 1.55 bits per heavy atom. The molecule has 0 aromatic rings. The minimum absolute atomic E-state index is 0.169. The number of hydrogen-bond donors (Lipinski definition) is 2. The molecule has 1 amide bonds. The molecule has 3 unspecified atom stereocenters. The zero-order valence-electron chi connectivity index (χ0n) is 12.9. The summed E-state index contributed by atoms with van der Waals surface area (Å²) in [6, 6.07) is 0. The number of carbonyl (C=O) groups is 1. The van der Waals surface area contributed by atoms with Crippen LogP contribution in [0, 0.1) is 5.92 Å². The Balaban J connectivity index is 1.91. The standard InChI is InChI=1S/C15H29N3O2/c1-3-17-15(14(16)19)7-4-5-13(15)6-8-18-9-10-20-12(2)11-18/h12-13,17H,3-11H2,1-2H3,(H2,16,19). The molecule has 116 valence electrons. The van der Waals surface area contributed by atoms with Crippen LogP contribution in [0.5, 0.6) is 0 Å². The molecule has 2 aliphatic rings. The Morgan fingerprint density at radius 2 is 2.35 bits per heavy atom. The topological polar surface area (TPSA) is 67.6 Å². The Hall–Kier alpha value is -0.650. The first-order valence-corrected chi connectivity index (χ1v) is 7.97. The van der Waals surface area contributed by atoms with Gasteiger partial charge in [-0.3, -0.25) is 9.69 Å². The van der Waals surface area contributed by atoms with Gasteiger partial charge < -0.3 is 15.8 Å². The van der Waals surface area contributed by atoms with Crippen molar-refractivity contribution in [3.63, 3.8) is 0 Å². The van der Waals surface area contributed by atoms with Crippen LogP contribution in [-0.4, -0.2) is 55.2 Å². The molecule has 1 heterocycles. The Kier molecular flexibility index (Phi) is 5.41. The summed E-state index contributed by atoms with van der Waals surface area (Å²) in [6.07, 6.45) is 4.46. The number of amides is 1. The first kappa shape index (κ1) is 15.7. The molecule has 2 fully saturated rings. The van der Waals surface area contributed by atoms with E-state index in [1.165, 1.54) is 0 Å². The van der Waals surface area contributed by atoms with Crippen LogP contribution in [0.25, 0.3) is 0 Å². The molecule has 0 aromatic carbocycles. The lowest BCUT2D eigenvalue weighted by atomic mass is 9.83. The number of ether oxygens (including phenoxy) is 1. The van der Waals surface area contributed by atoms with E-state index in [-0.39, 0.29) is 5.91 Å². The number of likely N-dealkylation sites (N-methyl/N-ethyl adjacent to an activating group) is 1. The molecule has 0 bridgehead atoms. The van der Waals surface area contributed by atoms with Crippen LogP contribution in [0.2, 0.25) is 0 Å². The highest BCUT2D eigenvalue weighted by molar-refractivity contribution is 5.85. The third-order valence-electron chi connectivity index (χ3n) is 4.87. The fraction of sp³-hybridized carbons (Fsp3) is 0.933. The van der Waals surface area contributed by atoms with E-state index < -0.39 is 5.54 Å². The summed E-state index contributed by atoms with van der Waals surface area (Å²) in [4.78, 5) is 14.4. The minimum atomic E-state index is -0.466. The van der Waals surface area contributed by atoms with Crippen molar-refractivity contribution in [1.29, 1.82) is 0 Å². The van der Waals surface area contributed by atoms with Crippen LogP contribution in [0.1, 0.15) is 39.5 Å². The lowest BCUT2D eigenvalue weighted by molar-refractivity contribution is -0.126. The summed E-state index contributed by atoms with van der Waals surface area (Å²) in [5, 5.41) is 3.39. The van der Waals surface area contributed by atoms with E-state index in [2.05, 4.69) is 17.1 Å². The Bertz CT molecular complexity index is 337. The van der Waals surface area contributed by atoms with Crippen molar-refractivity contribution in [1.82, 2.24) is 10.2 Å². The van der Waals surface area contributed by atoms with Crippen LogP contribution >= 0.6 is 0 Å². The van der Waals surface area contributed by atoms with Crippen molar-refractivity contribution >= 4 is 5.91 Å². The van der Waals surface area contributed by atoms with E-state index in [0.717, 1.165) is 58.5 Å². The molecule has 1 aliphatic heterocycles. The second-order valence-electron chi connectivity index (χ2n) is 6.23. The molecule has 20 heavy (non-hydrogen) atoms. The van der Waals surface area contributed by atoms with Gasteiger partial charge in [0, 0.05) is 13.1 Å². The van der Waals surface area contributed by atoms with Crippen LogP contribution in [0.15, 0.2) is 0 Å². The third-order valence-corrected chi connectivity index (χ3v) is 4.87. The predicted molar refractivity (Wildman–Crippen MR) is 79.4 cm³/mol. The highest BCUT2D eigenvalue weighted by Gasteiger charge is 2.46. The zero-order valence-corrected chi connectivity index (χ0v) is 12.9. The van der Waals surface area contributed by atoms with Crippen LogP contribution < -0.4 is 11.1 Å². The van der Waals surface area contributed by atoms with Gasteiger partial charge >= 0.3 is 0 Å². The average Bonchev–Trinajstić information content (AvgIpc) is 2.81. The maximum Gasteiger partial charge on any atom is 0.238 e. The lowest BCUT2D eigenvalue weighted by Gasteiger charge is -2.36. The molecule has 1 aliphatic carbocycles. The van der Waals surface area contributed by atoms with Gasteiger partial charge in [0.1, 0.15) is 5.54 Å². The maximum atomic E-state index is 12.0. The fourth-order valence-corrected chi connectivity index (χ4v) is 3.86. The molecule has 3 atom stereocenters. The summed E-state index contributed by atoms with van der Waals surface area (Å²) in [5.41, 5.74) is 5.24. The molecule has 3 N–H and O–H groups in total. The lowest BCUT2D eigenvalue weighted by Crippen LogP contribution is -2.58. The highest BCUT2D eigenvalue weighted by atomic mass is 16.5. The van der Waals surface area contributed by atoms with Crippen LogP contribution in [-0.2, 0) is 9.53 Å². The summed E-state index contributed by atoms with van der Waals surface area (Å²) < 4.78 is 5.57. The normalized spacial score (nSPS) is 35.3. The van der Waals surface area contributed by atoms with Gasteiger partial charge in [0.05, 0.1) is 12.7 Å². The van der Waals surface area contributed by atoms with Gasteiger partial charge in [-0.2, -0.15) is 0 Å². The van der Waals surface area contributed by atoms with Gasteiger partial charge in [0.2, 0.25) is 5.91 Å². The first-order chi connectivity index (χ1) is 9.58. The summed E-state index contributed by atoms with van der Waals surface area (Å²) in [5.74, 6) is 0.204. The van der Waals surface area contributed by atoms with Crippen molar-refractivity contribution in [3.8, 4) is 0 Å². The molecule has 5 nitrogen and oxygen atoms in total. The highest BCUT2D eigenvalue weighted by Crippen LogP contribution is 2.38. The minimum Gasteiger partial charge on any atom is -0.376 e. The number of rotatable bonds is 6. The molecular weight excluding hydrogens is 254 g/mol.